The molecule has 3 aliphatic rings. The number of H-pyrrole nitrogens is 1. The SMILES string of the molecule is CC(=O)N[C@@H]1C[C@@H]2CN(c3nc(C)nc4cc[nH]c34)C[C@@H]2C[C@H]1OCC1CC1. The number of anilines is 1. The van der Waals surface area contributed by atoms with Gasteiger partial charge < -0.3 is 19.9 Å². The van der Waals surface area contributed by atoms with E-state index in [0.717, 1.165) is 61.1 Å². The van der Waals surface area contributed by atoms with Crippen LogP contribution in [-0.4, -0.2) is 52.7 Å². The summed E-state index contributed by atoms with van der Waals surface area (Å²) in [5, 5.41) is 3.16. The van der Waals surface area contributed by atoms with Crippen molar-refractivity contribution in [3.63, 3.8) is 0 Å². The number of amides is 1. The summed E-state index contributed by atoms with van der Waals surface area (Å²) in [6.45, 7) is 6.37. The van der Waals surface area contributed by atoms with Gasteiger partial charge in [-0.2, -0.15) is 0 Å². The monoisotopic (exact) mass is 383 g/mol. The molecule has 3 heterocycles. The van der Waals surface area contributed by atoms with Gasteiger partial charge in [-0.15, -0.1) is 0 Å². The number of aryl methyl sites for hydroxylation is 1. The van der Waals surface area contributed by atoms with Crippen LogP contribution in [0, 0.1) is 24.7 Å². The molecule has 2 N–H and O–H groups in total. The Morgan fingerprint density at radius 1 is 1.29 bits per heavy atom. The van der Waals surface area contributed by atoms with Gasteiger partial charge in [0.25, 0.3) is 0 Å². The number of nitrogens with zero attached hydrogens (tertiary/aromatic N) is 3. The first-order valence-corrected chi connectivity index (χ1v) is 10.5. The number of rotatable bonds is 5. The highest BCUT2D eigenvalue weighted by molar-refractivity contribution is 5.86. The van der Waals surface area contributed by atoms with Gasteiger partial charge in [-0.1, -0.05) is 0 Å². The zero-order chi connectivity index (χ0) is 19.3. The van der Waals surface area contributed by atoms with Gasteiger partial charge in [-0.25, -0.2) is 9.97 Å². The van der Waals surface area contributed by atoms with E-state index in [4.69, 9.17) is 9.72 Å². The fourth-order valence-corrected chi connectivity index (χ4v) is 5.00. The topological polar surface area (TPSA) is 83.1 Å². The van der Waals surface area contributed by atoms with Crippen LogP contribution >= 0.6 is 0 Å². The van der Waals surface area contributed by atoms with Crippen molar-refractivity contribution in [1.82, 2.24) is 20.3 Å². The molecule has 0 unspecified atom stereocenters. The molecule has 3 fully saturated rings. The zero-order valence-electron chi connectivity index (χ0n) is 16.6. The highest BCUT2D eigenvalue weighted by Crippen LogP contribution is 2.41. The first-order valence-electron chi connectivity index (χ1n) is 10.5. The van der Waals surface area contributed by atoms with Crippen molar-refractivity contribution >= 4 is 22.8 Å². The number of ether oxygens (including phenoxy) is 1. The minimum atomic E-state index is 0.0397. The van der Waals surface area contributed by atoms with Gasteiger partial charge in [0.2, 0.25) is 5.91 Å². The highest BCUT2D eigenvalue weighted by atomic mass is 16.5. The average molecular weight is 383 g/mol. The quantitative estimate of drug-likeness (QED) is 0.828. The van der Waals surface area contributed by atoms with Gasteiger partial charge in [0.05, 0.1) is 17.7 Å². The standard InChI is InChI=1S/C21H29N5O2/c1-12-23-17-5-6-22-20(17)21(24-12)26-9-15-7-18(25-13(2)27)19(8-16(15)10-26)28-11-14-3-4-14/h5-6,14-16,18-19,22H,3-4,7-11H2,1-2H3,(H,25,27)/t15-,16+,18-,19-/m1/s1. The molecule has 1 amide bonds. The summed E-state index contributed by atoms with van der Waals surface area (Å²) >= 11 is 0. The van der Waals surface area contributed by atoms with E-state index in [2.05, 4.69) is 20.2 Å². The molecule has 4 atom stereocenters. The lowest BCUT2D eigenvalue weighted by Gasteiger charge is -2.38. The van der Waals surface area contributed by atoms with Gasteiger partial charge in [0, 0.05) is 32.8 Å². The number of nitrogens with one attached hydrogen (secondary N) is 2. The molecule has 28 heavy (non-hydrogen) atoms. The Morgan fingerprint density at radius 2 is 2.07 bits per heavy atom. The Morgan fingerprint density at radius 3 is 2.82 bits per heavy atom. The highest BCUT2D eigenvalue weighted by Gasteiger charge is 2.44. The van der Waals surface area contributed by atoms with Gasteiger partial charge >= 0.3 is 0 Å². The summed E-state index contributed by atoms with van der Waals surface area (Å²) in [5.74, 6) is 3.72. The fraction of sp³-hybridized carbons (Fsp3) is 0.667. The van der Waals surface area contributed by atoms with Crippen LogP contribution in [-0.2, 0) is 9.53 Å². The van der Waals surface area contributed by atoms with E-state index in [-0.39, 0.29) is 18.1 Å². The van der Waals surface area contributed by atoms with Crippen molar-refractivity contribution in [3.8, 4) is 0 Å². The molecule has 0 radical (unpaired) electrons. The van der Waals surface area contributed by atoms with Crippen LogP contribution < -0.4 is 10.2 Å². The summed E-state index contributed by atoms with van der Waals surface area (Å²) in [7, 11) is 0. The van der Waals surface area contributed by atoms with Crippen LogP contribution in [0.4, 0.5) is 5.82 Å². The third-order valence-electron chi connectivity index (χ3n) is 6.55. The summed E-state index contributed by atoms with van der Waals surface area (Å²) in [5.41, 5.74) is 1.99. The van der Waals surface area contributed by atoms with Crippen LogP contribution in [0.25, 0.3) is 11.0 Å². The van der Waals surface area contributed by atoms with Gasteiger partial charge in [-0.05, 0) is 56.4 Å². The summed E-state index contributed by atoms with van der Waals surface area (Å²) in [6, 6.07) is 2.13. The molecular weight excluding hydrogens is 354 g/mol. The number of fused-ring (bicyclic) bond motifs is 2. The Kier molecular flexibility index (Phi) is 4.50. The molecule has 2 aliphatic carbocycles. The number of aromatic nitrogens is 3. The number of carbonyl (C=O) groups excluding carboxylic acids is 1. The maximum absolute atomic E-state index is 11.7. The van der Waals surface area contributed by atoms with E-state index in [1.807, 2.05) is 19.2 Å². The molecule has 7 nitrogen and oxygen atoms in total. The van der Waals surface area contributed by atoms with E-state index >= 15 is 0 Å². The van der Waals surface area contributed by atoms with E-state index in [9.17, 15) is 4.79 Å². The van der Waals surface area contributed by atoms with Crippen LogP contribution in [0.5, 0.6) is 0 Å². The number of hydrogen-bond donors (Lipinski definition) is 2. The molecule has 7 heteroatoms. The normalized spacial score (nSPS) is 29.9. The van der Waals surface area contributed by atoms with Crippen molar-refractivity contribution in [2.24, 2.45) is 17.8 Å². The van der Waals surface area contributed by atoms with E-state index in [1.54, 1.807) is 6.92 Å². The van der Waals surface area contributed by atoms with Crippen LogP contribution in [0.3, 0.4) is 0 Å². The molecule has 2 aromatic rings. The fourth-order valence-electron chi connectivity index (χ4n) is 5.00. The molecular formula is C21H29N5O2. The second-order valence-corrected chi connectivity index (χ2v) is 8.85. The number of hydrogen-bond acceptors (Lipinski definition) is 5. The van der Waals surface area contributed by atoms with Crippen molar-refractivity contribution in [1.29, 1.82) is 0 Å². The first-order chi connectivity index (χ1) is 13.6. The second kappa shape index (κ2) is 7.03. The molecule has 0 spiro atoms. The molecule has 2 aromatic heterocycles. The molecule has 0 bridgehead atoms. The largest absolute Gasteiger partial charge is 0.376 e. The Bertz CT molecular complexity index is 877. The van der Waals surface area contributed by atoms with E-state index in [1.165, 1.54) is 12.8 Å². The summed E-state index contributed by atoms with van der Waals surface area (Å²) in [6.07, 6.45) is 6.63. The van der Waals surface area contributed by atoms with Crippen molar-refractivity contribution in [2.45, 2.75) is 51.7 Å². The lowest BCUT2D eigenvalue weighted by molar-refractivity contribution is -0.122. The second-order valence-electron chi connectivity index (χ2n) is 8.85. The third-order valence-corrected chi connectivity index (χ3v) is 6.55. The summed E-state index contributed by atoms with van der Waals surface area (Å²) < 4.78 is 6.28. The molecule has 0 aromatic carbocycles. The smallest absolute Gasteiger partial charge is 0.217 e. The van der Waals surface area contributed by atoms with Gasteiger partial charge in [-0.3, -0.25) is 4.79 Å². The maximum atomic E-state index is 11.7. The molecule has 150 valence electrons. The van der Waals surface area contributed by atoms with E-state index in [0.29, 0.717) is 11.8 Å². The minimum Gasteiger partial charge on any atom is -0.376 e. The molecule has 1 saturated heterocycles. The average Bonchev–Trinajstić information content (AvgIpc) is 3.19. The number of carbonyl (C=O) groups is 1. The Balaban J connectivity index is 1.35. The molecule has 5 rings (SSSR count). The lowest BCUT2D eigenvalue weighted by Crippen LogP contribution is -2.50. The van der Waals surface area contributed by atoms with Crippen molar-refractivity contribution < 1.29 is 9.53 Å². The lowest BCUT2D eigenvalue weighted by atomic mass is 9.77. The Labute approximate surface area is 165 Å². The van der Waals surface area contributed by atoms with Gasteiger partial charge in [0.1, 0.15) is 11.3 Å². The predicted octanol–water partition coefficient (Wildman–Crippen LogP) is 2.41. The van der Waals surface area contributed by atoms with Gasteiger partial charge in [0.15, 0.2) is 5.82 Å². The molecule has 1 aliphatic heterocycles. The van der Waals surface area contributed by atoms with Crippen LogP contribution in [0.2, 0.25) is 0 Å². The third kappa shape index (κ3) is 3.48. The van der Waals surface area contributed by atoms with Crippen molar-refractivity contribution in [2.75, 3.05) is 24.6 Å². The minimum absolute atomic E-state index is 0.0397. The molecule has 2 saturated carbocycles. The van der Waals surface area contributed by atoms with Crippen LogP contribution in [0.1, 0.15) is 38.4 Å². The first kappa shape index (κ1) is 17.9. The van der Waals surface area contributed by atoms with Crippen LogP contribution in [0.15, 0.2) is 12.3 Å². The van der Waals surface area contributed by atoms with Crippen molar-refractivity contribution in [3.05, 3.63) is 18.1 Å². The predicted molar refractivity (Wildman–Crippen MR) is 107 cm³/mol. The number of aromatic amines is 1. The zero-order valence-corrected chi connectivity index (χ0v) is 16.6. The maximum Gasteiger partial charge on any atom is 0.217 e. The summed E-state index contributed by atoms with van der Waals surface area (Å²) in [4.78, 5) is 26.7. The van der Waals surface area contributed by atoms with E-state index < -0.39 is 0 Å². The Hall–Kier alpha value is -2.15.